The molecule has 2 nitrogen and oxygen atoms in total. The summed E-state index contributed by atoms with van der Waals surface area (Å²) in [6.45, 7) is 2.19. The van der Waals surface area contributed by atoms with E-state index in [0.29, 0.717) is 0 Å². The Morgan fingerprint density at radius 2 is 2.33 bits per heavy atom. The molecule has 0 saturated heterocycles. The van der Waals surface area contributed by atoms with Gasteiger partial charge in [0, 0.05) is 9.75 Å². The molecule has 0 bridgehead atoms. The van der Waals surface area contributed by atoms with Crippen LogP contribution in [0.15, 0.2) is 12.1 Å². The highest BCUT2D eigenvalue weighted by Crippen LogP contribution is 2.22. The van der Waals surface area contributed by atoms with E-state index in [9.17, 15) is 0 Å². The smallest absolute Gasteiger partial charge is 0.0632 e. The Hall–Kier alpha value is -0.380. The fourth-order valence-corrected chi connectivity index (χ4v) is 2.17. The third kappa shape index (κ3) is 2.30. The van der Waals surface area contributed by atoms with Gasteiger partial charge in [-0.2, -0.15) is 0 Å². The van der Waals surface area contributed by atoms with Crippen molar-refractivity contribution >= 4 is 11.3 Å². The maximum atomic E-state index is 8.81. The quantitative estimate of drug-likeness (QED) is 0.750. The number of hydrogen-bond acceptors (Lipinski definition) is 3. The van der Waals surface area contributed by atoms with E-state index in [1.807, 2.05) is 6.07 Å². The van der Waals surface area contributed by atoms with Crippen molar-refractivity contribution < 1.29 is 5.11 Å². The molecule has 0 saturated carbocycles. The standard InChI is InChI=1S/C9H15NOS/c1-2-3-7-4-5-9(12-7)8(10)6-11/h4-5,8,11H,2-3,6,10H2,1H3/t8-/m1/s1. The largest absolute Gasteiger partial charge is 0.394 e. The molecular weight excluding hydrogens is 170 g/mol. The Morgan fingerprint density at radius 3 is 2.92 bits per heavy atom. The van der Waals surface area contributed by atoms with Gasteiger partial charge >= 0.3 is 0 Å². The van der Waals surface area contributed by atoms with E-state index in [0.717, 1.165) is 17.7 Å². The van der Waals surface area contributed by atoms with Gasteiger partial charge in [-0.05, 0) is 18.6 Å². The lowest BCUT2D eigenvalue weighted by atomic mass is 10.2. The predicted molar refractivity (Wildman–Crippen MR) is 52.3 cm³/mol. The Bertz CT molecular complexity index is 234. The van der Waals surface area contributed by atoms with Crippen molar-refractivity contribution in [3.63, 3.8) is 0 Å². The molecule has 3 N–H and O–H groups in total. The number of nitrogens with two attached hydrogens (primary N) is 1. The summed E-state index contributed by atoms with van der Waals surface area (Å²) in [5, 5.41) is 8.81. The van der Waals surface area contributed by atoms with Crippen molar-refractivity contribution in [3.05, 3.63) is 21.9 Å². The molecule has 1 heterocycles. The monoisotopic (exact) mass is 185 g/mol. The summed E-state index contributed by atoms with van der Waals surface area (Å²) in [5.41, 5.74) is 5.66. The number of thiophene rings is 1. The number of rotatable bonds is 4. The summed E-state index contributed by atoms with van der Waals surface area (Å²) < 4.78 is 0. The van der Waals surface area contributed by atoms with Crippen LogP contribution in [0.3, 0.4) is 0 Å². The molecule has 1 aromatic heterocycles. The van der Waals surface area contributed by atoms with Gasteiger partial charge in [0.1, 0.15) is 0 Å². The van der Waals surface area contributed by atoms with Gasteiger partial charge in [-0.15, -0.1) is 11.3 Å². The van der Waals surface area contributed by atoms with E-state index >= 15 is 0 Å². The third-order valence-electron chi connectivity index (χ3n) is 1.74. The first kappa shape index (κ1) is 9.71. The van der Waals surface area contributed by atoms with Gasteiger partial charge in [0.05, 0.1) is 12.6 Å². The lowest BCUT2D eigenvalue weighted by molar-refractivity contribution is 0.269. The van der Waals surface area contributed by atoms with E-state index in [1.54, 1.807) is 11.3 Å². The highest BCUT2D eigenvalue weighted by atomic mass is 32.1. The predicted octanol–water partition coefficient (Wildman–Crippen LogP) is 1.69. The van der Waals surface area contributed by atoms with Crippen LogP contribution in [0.1, 0.15) is 29.1 Å². The third-order valence-corrected chi connectivity index (χ3v) is 3.02. The zero-order chi connectivity index (χ0) is 8.97. The number of aryl methyl sites for hydroxylation is 1. The van der Waals surface area contributed by atoms with E-state index in [2.05, 4.69) is 13.0 Å². The zero-order valence-electron chi connectivity index (χ0n) is 7.29. The fraction of sp³-hybridized carbons (Fsp3) is 0.556. The van der Waals surface area contributed by atoms with Crippen LogP contribution in [-0.4, -0.2) is 11.7 Å². The van der Waals surface area contributed by atoms with Crippen LogP contribution in [0.25, 0.3) is 0 Å². The molecule has 0 spiro atoms. The Labute approximate surface area is 77.0 Å². The van der Waals surface area contributed by atoms with Crippen molar-refractivity contribution in [3.8, 4) is 0 Å². The first-order valence-corrected chi connectivity index (χ1v) is 5.04. The van der Waals surface area contributed by atoms with Crippen LogP contribution < -0.4 is 5.73 Å². The van der Waals surface area contributed by atoms with E-state index in [4.69, 9.17) is 10.8 Å². The summed E-state index contributed by atoms with van der Waals surface area (Å²) in [6.07, 6.45) is 2.27. The fourth-order valence-electron chi connectivity index (χ4n) is 1.06. The minimum atomic E-state index is -0.194. The number of hydrogen-bond donors (Lipinski definition) is 2. The lowest BCUT2D eigenvalue weighted by Gasteiger charge is -2.02. The first-order valence-electron chi connectivity index (χ1n) is 4.23. The van der Waals surface area contributed by atoms with Gasteiger partial charge in [0.2, 0.25) is 0 Å². The number of aliphatic hydroxyl groups excluding tert-OH is 1. The average Bonchev–Trinajstić information content (AvgIpc) is 2.52. The lowest BCUT2D eigenvalue weighted by Crippen LogP contribution is -2.12. The van der Waals surface area contributed by atoms with Gasteiger partial charge in [0.25, 0.3) is 0 Å². The van der Waals surface area contributed by atoms with Crippen molar-refractivity contribution in [1.29, 1.82) is 0 Å². The van der Waals surface area contributed by atoms with Crippen LogP contribution in [0.2, 0.25) is 0 Å². The summed E-state index contributed by atoms with van der Waals surface area (Å²) in [7, 11) is 0. The molecule has 0 aliphatic heterocycles. The van der Waals surface area contributed by atoms with Gasteiger partial charge in [-0.1, -0.05) is 13.3 Å². The van der Waals surface area contributed by atoms with Crippen LogP contribution in [0.5, 0.6) is 0 Å². The molecular formula is C9H15NOS. The van der Waals surface area contributed by atoms with Crippen molar-refractivity contribution in [1.82, 2.24) is 0 Å². The van der Waals surface area contributed by atoms with Crippen LogP contribution in [0.4, 0.5) is 0 Å². The summed E-state index contributed by atoms with van der Waals surface area (Å²) in [5.74, 6) is 0. The molecule has 0 aliphatic carbocycles. The zero-order valence-corrected chi connectivity index (χ0v) is 8.10. The molecule has 0 radical (unpaired) electrons. The molecule has 3 heteroatoms. The first-order chi connectivity index (χ1) is 5.77. The highest BCUT2D eigenvalue weighted by molar-refractivity contribution is 7.12. The summed E-state index contributed by atoms with van der Waals surface area (Å²) in [4.78, 5) is 2.44. The molecule has 0 unspecified atom stereocenters. The molecule has 1 rings (SSSR count). The van der Waals surface area contributed by atoms with Gasteiger partial charge < -0.3 is 10.8 Å². The molecule has 0 fully saturated rings. The molecule has 0 amide bonds. The van der Waals surface area contributed by atoms with Gasteiger partial charge in [-0.3, -0.25) is 0 Å². The van der Waals surface area contributed by atoms with E-state index in [1.165, 1.54) is 4.88 Å². The number of aliphatic hydroxyl groups is 1. The maximum Gasteiger partial charge on any atom is 0.0632 e. The Balaban J connectivity index is 2.63. The highest BCUT2D eigenvalue weighted by Gasteiger charge is 2.06. The average molecular weight is 185 g/mol. The second-order valence-corrected chi connectivity index (χ2v) is 4.04. The summed E-state index contributed by atoms with van der Waals surface area (Å²) in [6, 6.07) is 3.91. The van der Waals surface area contributed by atoms with Crippen molar-refractivity contribution in [2.75, 3.05) is 6.61 Å². The minimum Gasteiger partial charge on any atom is -0.394 e. The topological polar surface area (TPSA) is 46.2 Å². The SMILES string of the molecule is CCCc1ccc([C@H](N)CO)s1. The molecule has 12 heavy (non-hydrogen) atoms. The molecule has 0 aliphatic rings. The van der Waals surface area contributed by atoms with E-state index in [-0.39, 0.29) is 12.6 Å². The van der Waals surface area contributed by atoms with Crippen LogP contribution >= 0.6 is 11.3 Å². The Morgan fingerprint density at radius 1 is 1.58 bits per heavy atom. The summed E-state index contributed by atoms with van der Waals surface area (Å²) >= 11 is 1.71. The molecule has 1 atom stereocenters. The van der Waals surface area contributed by atoms with Crippen molar-refractivity contribution in [2.24, 2.45) is 5.73 Å². The second kappa shape index (κ2) is 4.60. The maximum absolute atomic E-state index is 8.81. The Kier molecular flexibility index (Phi) is 3.72. The minimum absolute atomic E-state index is 0.0338. The molecule has 68 valence electrons. The normalized spacial score (nSPS) is 13.2. The molecule has 0 aromatic carbocycles. The second-order valence-electron chi connectivity index (χ2n) is 2.84. The van der Waals surface area contributed by atoms with Crippen LogP contribution in [-0.2, 0) is 6.42 Å². The van der Waals surface area contributed by atoms with Crippen LogP contribution in [0, 0.1) is 0 Å². The molecule has 1 aromatic rings. The van der Waals surface area contributed by atoms with E-state index < -0.39 is 0 Å². The van der Waals surface area contributed by atoms with Gasteiger partial charge in [0.15, 0.2) is 0 Å². The van der Waals surface area contributed by atoms with Gasteiger partial charge in [-0.25, -0.2) is 0 Å². The van der Waals surface area contributed by atoms with Crippen molar-refractivity contribution in [2.45, 2.75) is 25.8 Å².